The molecule has 0 amide bonds. The first-order chi connectivity index (χ1) is 20.7. The van der Waals surface area contributed by atoms with Crippen LogP contribution in [0.1, 0.15) is 22.3 Å². The summed E-state index contributed by atoms with van der Waals surface area (Å²) in [5.74, 6) is 0. The molecular weight excluding hydrogens is 530 g/mol. The van der Waals surface area contributed by atoms with Gasteiger partial charge in [-0.15, -0.1) is 0 Å². The smallest absolute Gasteiger partial charge is 0.113 e. The zero-order valence-corrected chi connectivity index (χ0v) is 23.5. The van der Waals surface area contributed by atoms with Gasteiger partial charge in [0.15, 0.2) is 0 Å². The Labute approximate surface area is 247 Å². The third-order valence-electron chi connectivity index (χ3n) is 6.65. The second-order valence-corrected chi connectivity index (χ2v) is 9.86. The zero-order valence-electron chi connectivity index (χ0n) is 23.5. The van der Waals surface area contributed by atoms with Crippen LogP contribution in [0, 0.1) is 0 Å². The lowest BCUT2D eigenvalue weighted by molar-refractivity contribution is -0.157. The highest BCUT2D eigenvalue weighted by Gasteiger charge is 2.36. The zero-order chi connectivity index (χ0) is 29.2. The molecule has 0 saturated heterocycles. The van der Waals surface area contributed by atoms with E-state index in [4.69, 9.17) is 18.9 Å². The lowest BCUT2D eigenvalue weighted by Crippen LogP contribution is -2.50. The van der Waals surface area contributed by atoms with Gasteiger partial charge in [-0.1, -0.05) is 126 Å². The number of hydrogen-bond acceptors (Lipinski definition) is 6. The van der Waals surface area contributed by atoms with Gasteiger partial charge in [0.25, 0.3) is 0 Å². The van der Waals surface area contributed by atoms with Gasteiger partial charge in [-0.25, -0.2) is 0 Å². The molecule has 218 valence electrons. The van der Waals surface area contributed by atoms with Crippen molar-refractivity contribution in [2.75, 3.05) is 13.2 Å². The lowest BCUT2D eigenvalue weighted by Gasteiger charge is -2.34. The summed E-state index contributed by atoms with van der Waals surface area (Å²) in [6.45, 7) is 1.18. The fourth-order valence-electron chi connectivity index (χ4n) is 4.48. The van der Waals surface area contributed by atoms with Gasteiger partial charge in [0.2, 0.25) is 0 Å². The molecule has 4 rings (SSSR count). The Bertz CT molecular complexity index is 1320. The Kier molecular flexibility index (Phi) is 13.1. The van der Waals surface area contributed by atoms with Gasteiger partial charge in [-0.2, -0.15) is 0 Å². The van der Waals surface area contributed by atoms with Crippen molar-refractivity contribution in [3.63, 3.8) is 0 Å². The van der Waals surface area contributed by atoms with Crippen LogP contribution in [0.2, 0.25) is 0 Å². The van der Waals surface area contributed by atoms with Gasteiger partial charge in [-0.05, 0) is 27.8 Å². The molecule has 0 aliphatic carbocycles. The fourth-order valence-corrected chi connectivity index (χ4v) is 4.48. The van der Waals surface area contributed by atoms with Crippen LogP contribution in [-0.4, -0.2) is 42.7 Å². The minimum Gasteiger partial charge on any atom is -0.388 e. The van der Waals surface area contributed by atoms with Gasteiger partial charge in [0.1, 0.15) is 12.2 Å². The van der Waals surface area contributed by atoms with Gasteiger partial charge >= 0.3 is 0 Å². The number of aliphatic hydroxyl groups excluding tert-OH is 1. The van der Waals surface area contributed by atoms with E-state index in [1.54, 1.807) is 0 Å². The molecule has 0 radical (unpaired) electrons. The molecule has 0 bridgehead atoms. The number of aliphatic hydroxyl groups is 1. The second-order valence-electron chi connectivity index (χ2n) is 9.86. The van der Waals surface area contributed by atoms with Crippen molar-refractivity contribution >= 4 is 0 Å². The number of ether oxygens (including phenoxy) is 4. The summed E-state index contributed by atoms with van der Waals surface area (Å²) in [7, 11) is 0. The fraction of sp³-hybridized carbons (Fsp3) is 0.294. The minimum absolute atomic E-state index is 0.00654. The molecule has 42 heavy (non-hydrogen) atoms. The van der Waals surface area contributed by atoms with Crippen LogP contribution >= 0.6 is 0 Å². The first-order valence-corrected chi connectivity index (χ1v) is 14.0. The van der Waals surface area contributed by atoms with Crippen LogP contribution in [0.5, 0.6) is 0 Å². The molecule has 0 heterocycles. The molecule has 0 fully saturated rings. The molecule has 1 N–H and O–H groups in total. The maximum absolute atomic E-state index is 11.4. The largest absolute Gasteiger partial charge is 0.388 e. The van der Waals surface area contributed by atoms with Gasteiger partial charge in [0, 0.05) is 4.91 Å². The van der Waals surface area contributed by atoms with Crippen LogP contribution in [0.4, 0.5) is 0 Å². The summed E-state index contributed by atoms with van der Waals surface area (Å²) in [6, 6.07) is 38.1. The first kappa shape index (κ1) is 30.9. The first-order valence-electron chi connectivity index (χ1n) is 14.0. The Morgan fingerprint density at radius 1 is 0.548 bits per heavy atom. The number of nitrogens with zero attached hydrogens (tertiary/aromatic N) is 3. The van der Waals surface area contributed by atoms with Crippen LogP contribution in [-0.2, 0) is 45.4 Å². The molecular formula is C34H37N3O5. The highest BCUT2D eigenvalue weighted by molar-refractivity contribution is 5.16. The minimum atomic E-state index is -1.08. The summed E-state index contributed by atoms with van der Waals surface area (Å²) in [4.78, 5) is 3.10. The number of benzene rings is 4. The third kappa shape index (κ3) is 10.4. The quantitative estimate of drug-likeness (QED) is 0.0825. The molecule has 4 aromatic rings. The average molecular weight is 568 g/mol. The van der Waals surface area contributed by atoms with E-state index in [0.717, 1.165) is 22.3 Å². The Morgan fingerprint density at radius 3 is 1.36 bits per heavy atom. The van der Waals surface area contributed by atoms with Crippen LogP contribution in [0.25, 0.3) is 10.4 Å². The highest BCUT2D eigenvalue weighted by atomic mass is 16.6. The normalized spacial score (nSPS) is 13.9. The molecule has 0 aromatic heterocycles. The maximum Gasteiger partial charge on any atom is 0.113 e. The number of hydrogen-bond donors (Lipinski definition) is 1. The molecule has 0 aliphatic rings. The Hall–Kier alpha value is -4.01. The summed E-state index contributed by atoms with van der Waals surface area (Å²) >= 11 is 0. The molecule has 0 unspecified atom stereocenters. The van der Waals surface area contributed by atoms with Gasteiger partial charge in [-0.3, -0.25) is 0 Å². The van der Waals surface area contributed by atoms with Gasteiger partial charge in [0.05, 0.1) is 51.8 Å². The summed E-state index contributed by atoms with van der Waals surface area (Å²) in [5, 5.41) is 15.5. The van der Waals surface area contributed by atoms with E-state index in [-0.39, 0.29) is 26.4 Å². The molecule has 0 saturated carbocycles. The molecule has 4 aromatic carbocycles. The SMILES string of the molecule is [N-]=[N+]=N[C@H](COCc1ccccc1)[C@H](OCc1ccccc1)[C@H](OCc1ccccc1)[C@H](O)COCc1ccccc1. The van der Waals surface area contributed by atoms with E-state index in [0.29, 0.717) is 13.2 Å². The van der Waals surface area contributed by atoms with E-state index < -0.39 is 24.4 Å². The van der Waals surface area contributed by atoms with Crippen molar-refractivity contribution in [3.8, 4) is 0 Å². The van der Waals surface area contributed by atoms with Gasteiger partial charge < -0.3 is 24.1 Å². The number of azide groups is 1. The van der Waals surface area contributed by atoms with Crippen molar-refractivity contribution in [2.45, 2.75) is 50.8 Å². The summed E-state index contributed by atoms with van der Waals surface area (Å²) in [6.07, 6.45) is -2.81. The summed E-state index contributed by atoms with van der Waals surface area (Å²) < 4.78 is 24.6. The second kappa shape index (κ2) is 17.7. The van der Waals surface area contributed by atoms with Crippen molar-refractivity contribution in [1.82, 2.24) is 0 Å². The monoisotopic (exact) mass is 567 g/mol. The van der Waals surface area contributed by atoms with Crippen LogP contribution in [0.3, 0.4) is 0 Å². The lowest BCUT2D eigenvalue weighted by atomic mass is 10.0. The highest BCUT2D eigenvalue weighted by Crippen LogP contribution is 2.21. The maximum atomic E-state index is 11.4. The van der Waals surface area contributed by atoms with Crippen LogP contribution < -0.4 is 0 Å². The van der Waals surface area contributed by atoms with E-state index in [9.17, 15) is 10.6 Å². The molecule has 0 aliphatic heterocycles. The summed E-state index contributed by atoms with van der Waals surface area (Å²) in [5.41, 5.74) is 13.4. The predicted octanol–water partition coefficient (Wildman–Crippen LogP) is 6.63. The van der Waals surface area contributed by atoms with Crippen molar-refractivity contribution in [2.24, 2.45) is 5.11 Å². The van der Waals surface area contributed by atoms with E-state index >= 15 is 0 Å². The molecule has 8 heteroatoms. The van der Waals surface area contributed by atoms with E-state index in [2.05, 4.69) is 10.0 Å². The average Bonchev–Trinajstić information content (AvgIpc) is 3.04. The predicted molar refractivity (Wildman–Crippen MR) is 161 cm³/mol. The third-order valence-corrected chi connectivity index (χ3v) is 6.65. The topological polar surface area (TPSA) is 106 Å². The van der Waals surface area contributed by atoms with E-state index in [1.165, 1.54) is 0 Å². The molecule has 4 atom stereocenters. The molecule has 0 spiro atoms. The Morgan fingerprint density at radius 2 is 0.929 bits per heavy atom. The van der Waals surface area contributed by atoms with Crippen molar-refractivity contribution < 1.29 is 24.1 Å². The van der Waals surface area contributed by atoms with Crippen molar-refractivity contribution in [3.05, 3.63) is 154 Å². The van der Waals surface area contributed by atoms with Crippen LogP contribution in [0.15, 0.2) is 126 Å². The number of rotatable bonds is 18. The molecule has 8 nitrogen and oxygen atoms in total. The van der Waals surface area contributed by atoms with E-state index in [1.807, 2.05) is 121 Å². The van der Waals surface area contributed by atoms with Crippen molar-refractivity contribution in [1.29, 1.82) is 0 Å². The standard InChI is InChI=1S/C34H37N3O5/c35-37-36-31(25-39-21-27-13-5-1-6-14-27)33(41-23-29-17-9-3-10-18-29)34(42-24-30-19-11-4-12-20-30)32(38)26-40-22-28-15-7-2-8-16-28/h1-20,31-34,38H,21-26H2/t31-,32-,33+,34-/m1/s1. The Balaban J connectivity index is 1.54.